The summed E-state index contributed by atoms with van der Waals surface area (Å²) in [6.07, 6.45) is 0.245. The monoisotopic (exact) mass is 330 g/mol. The van der Waals surface area contributed by atoms with E-state index in [1.165, 1.54) is 4.90 Å². The van der Waals surface area contributed by atoms with Crippen LogP contribution in [0.15, 0.2) is 42.5 Å². The van der Waals surface area contributed by atoms with E-state index in [1.54, 1.807) is 19.2 Å². The molecule has 2 amide bonds. The molecule has 1 aliphatic heterocycles. The van der Waals surface area contributed by atoms with E-state index in [4.69, 9.17) is 0 Å². The van der Waals surface area contributed by atoms with Gasteiger partial charge in [0.2, 0.25) is 11.8 Å². The zero-order valence-electron chi connectivity index (χ0n) is 13.1. The molecule has 2 aromatic rings. The summed E-state index contributed by atoms with van der Waals surface area (Å²) >= 11 is 0. The summed E-state index contributed by atoms with van der Waals surface area (Å²) in [4.78, 5) is 26.0. The Hall–Kier alpha value is -2.76. The third kappa shape index (κ3) is 2.99. The fraction of sp³-hybridized carbons (Fsp3) is 0.222. The highest BCUT2D eigenvalue weighted by Gasteiger charge is 2.34. The van der Waals surface area contributed by atoms with Gasteiger partial charge in [0, 0.05) is 19.2 Å². The van der Waals surface area contributed by atoms with Crippen molar-refractivity contribution < 1.29 is 18.4 Å². The van der Waals surface area contributed by atoms with E-state index in [0.717, 1.165) is 29.3 Å². The number of benzene rings is 2. The average molecular weight is 330 g/mol. The second-order valence-electron chi connectivity index (χ2n) is 5.74. The Kier molecular flexibility index (Phi) is 4.29. The second kappa shape index (κ2) is 6.39. The first-order chi connectivity index (χ1) is 11.5. The molecule has 0 aromatic heterocycles. The van der Waals surface area contributed by atoms with Crippen LogP contribution in [0.5, 0.6) is 0 Å². The van der Waals surface area contributed by atoms with Gasteiger partial charge in [0.15, 0.2) is 0 Å². The molecule has 1 aliphatic rings. The Bertz CT molecular complexity index is 807. The highest BCUT2D eigenvalue weighted by molar-refractivity contribution is 5.92. The summed E-state index contributed by atoms with van der Waals surface area (Å²) in [6, 6.07) is 9.52. The van der Waals surface area contributed by atoms with E-state index < -0.39 is 23.6 Å². The maximum atomic E-state index is 13.7. The van der Waals surface area contributed by atoms with Gasteiger partial charge in [0.25, 0.3) is 0 Å². The SMILES string of the molecule is CN1C(=O)Cc2ccccc2C1C(=O)NCc1cc(F)ccc1F. The molecule has 0 bridgehead atoms. The molecule has 0 aliphatic carbocycles. The van der Waals surface area contributed by atoms with Crippen molar-refractivity contribution in [3.8, 4) is 0 Å². The summed E-state index contributed by atoms with van der Waals surface area (Å²) < 4.78 is 26.9. The van der Waals surface area contributed by atoms with Crippen molar-refractivity contribution in [2.75, 3.05) is 7.05 Å². The third-order valence-corrected chi connectivity index (χ3v) is 4.18. The van der Waals surface area contributed by atoms with Crippen LogP contribution in [0.3, 0.4) is 0 Å². The molecule has 2 aromatic carbocycles. The molecule has 3 rings (SSSR count). The molecule has 24 heavy (non-hydrogen) atoms. The third-order valence-electron chi connectivity index (χ3n) is 4.18. The summed E-state index contributed by atoms with van der Waals surface area (Å²) in [5, 5.41) is 2.59. The number of hydrogen-bond acceptors (Lipinski definition) is 2. The molecular formula is C18H16F2N2O2. The van der Waals surface area contributed by atoms with Crippen LogP contribution >= 0.6 is 0 Å². The fourth-order valence-electron chi connectivity index (χ4n) is 2.88. The highest BCUT2D eigenvalue weighted by atomic mass is 19.1. The molecular weight excluding hydrogens is 314 g/mol. The molecule has 1 heterocycles. The fourth-order valence-corrected chi connectivity index (χ4v) is 2.88. The summed E-state index contributed by atoms with van der Waals surface area (Å²) in [5.41, 5.74) is 1.61. The van der Waals surface area contributed by atoms with Gasteiger partial charge >= 0.3 is 0 Å². The van der Waals surface area contributed by atoms with Crippen LogP contribution in [0.1, 0.15) is 22.7 Å². The Morgan fingerprint density at radius 1 is 1.25 bits per heavy atom. The largest absolute Gasteiger partial charge is 0.350 e. The van der Waals surface area contributed by atoms with E-state index in [0.29, 0.717) is 0 Å². The van der Waals surface area contributed by atoms with Crippen LogP contribution < -0.4 is 5.32 Å². The first-order valence-corrected chi connectivity index (χ1v) is 7.52. The van der Waals surface area contributed by atoms with Crippen molar-refractivity contribution in [2.24, 2.45) is 0 Å². The van der Waals surface area contributed by atoms with Gasteiger partial charge in [-0.2, -0.15) is 0 Å². The van der Waals surface area contributed by atoms with E-state index in [2.05, 4.69) is 5.32 Å². The van der Waals surface area contributed by atoms with Crippen LogP contribution in [0.4, 0.5) is 8.78 Å². The first-order valence-electron chi connectivity index (χ1n) is 7.52. The molecule has 4 nitrogen and oxygen atoms in total. The smallest absolute Gasteiger partial charge is 0.247 e. The molecule has 1 unspecified atom stereocenters. The van der Waals surface area contributed by atoms with Crippen LogP contribution in [-0.4, -0.2) is 23.8 Å². The van der Waals surface area contributed by atoms with Gasteiger partial charge in [-0.15, -0.1) is 0 Å². The Morgan fingerprint density at radius 2 is 2.00 bits per heavy atom. The van der Waals surface area contributed by atoms with Gasteiger partial charge in [0.1, 0.15) is 17.7 Å². The molecule has 0 radical (unpaired) electrons. The number of nitrogens with one attached hydrogen (secondary N) is 1. The number of fused-ring (bicyclic) bond motifs is 1. The van der Waals surface area contributed by atoms with Crippen molar-refractivity contribution in [2.45, 2.75) is 19.0 Å². The molecule has 1 atom stereocenters. The van der Waals surface area contributed by atoms with Crippen LogP contribution in [0.25, 0.3) is 0 Å². The van der Waals surface area contributed by atoms with Gasteiger partial charge < -0.3 is 10.2 Å². The standard InChI is InChI=1S/C18H16F2N2O2/c1-22-16(23)9-11-4-2-3-5-14(11)17(22)18(24)21-10-12-8-13(19)6-7-15(12)20/h2-8,17H,9-10H2,1H3,(H,21,24). The van der Waals surface area contributed by atoms with E-state index >= 15 is 0 Å². The summed E-state index contributed by atoms with van der Waals surface area (Å²) in [6.45, 7) is -0.150. The van der Waals surface area contributed by atoms with E-state index in [1.807, 2.05) is 12.1 Å². The molecule has 0 saturated carbocycles. The number of nitrogens with zero attached hydrogens (tertiary/aromatic N) is 1. The number of rotatable bonds is 3. The Balaban J connectivity index is 1.81. The quantitative estimate of drug-likeness (QED) is 0.939. The average Bonchev–Trinajstić information content (AvgIpc) is 2.56. The van der Waals surface area contributed by atoms with E-state index in [9.17, 15) is 18.4 Å². The molecule has 6 heteroatoms. The predicted molar refractivity (Wildman–Crippen MR) is 83.9 cm³/mol. The van der Waals surface area contributed by atoms with Crippen molar-refractivity contribution in [1.29, 1.82) is 0 Å². The Labute approximate surface area is 138 Å². The lowest BCUT2D eigenvalue weighted by Gasteiger charge is -2.33. The maximum Gasteiger partial charge on any atom is 0.247 e. The minimum Gasteiger partial charge on any atom is -0.350 e. The summed E-state index contributed by atoms with van der Waals surface area (Å²) in [5.74, 6) is -1.76. The Morgan fingerprint density at radius 3 is 2.79 bits per heavy atom. The number of hydrogen-bond donors (Lipinski definition) is 1. The lowest BCUT2D eigenvalue weighted by molar-refractivity contribution is -0.140. The van der Waals surface area contributed by atoms with Crippen molar-refractivity contribution in [3.05, 3.63) is 70.8 Å². The number of halogens is 2. The topological polar surface area (TPSA) is 49.4 Å². The van der Waals surface area contributed by atoms with Crippen molar-refractivity contribution in [3.63, 3.8) is 0 Å². The van der Waals surface area contributed by atoms with Crippen LogP contribution in [-0.2, 0) is 22.6 Å². The molecule has 0 spiro atoms. The lowest BCUT2D eigenvalue weighted by Crippen LogP contribution is -2.45. The van der Waals surface area contributed by atoms with Gasteiger partial charge in [-0.1, -0.05) is 24.3 Å². The number of carbonyl (C=O) groups is 2. The first kappa shape index (κ1) is 16.1. The van der Waals surface area contributed by atoms with Crippen LogP contribution in [0, 0.1) is 11.6 Å². The highest BCUT2D eigenvalue weighted by Crippen LogP contribution is 2.29. The zero-order chi connectivity index (χ0) is 17.3. The van der Waals surface area contributed by atoms with E-state index in [-0.39, 0.29) is 24.4 Å². The van der Waals surface area contributed by atoms with Crippen molar-refractivity contribution in [1.82, 2.24) is 10.2 Å². The van der Waals surface area contributed by atoms with Gasteiger partial charge in [0.05, 0.1) is 6.42 Å². The van der Waals surface area contributed by atoms with Crippen LogP contribution in [0.2, 0.25) is 0 Å². The van der Waals surface area contributed by atoms with Gasteiger partial charge in [-0.25, -0.2) is 8.78 Å². The molecule has 1 N–H and O–H groups in total. The lowest BCUT2D eigenvalue weighted by atomic mass is 9.92. The minimum atomic E-state index is -0.779. The molecule has 124 valence electrons. The molecule has 0 fully saturated rings. The number of amides is 2. The van der Waals surface area contributed by atoms with Gasteiger partial charge in [-0.3, -0.25) is 9.59 Å². The number of likely N-dealkylation sites (N-methyl/N-ethyl adjacent to an activating group) is 1. The van der Waals surface area contributed by atoms with Gasteiger partial charge in [-0.05, 0) is 29.3 Å². The zero-order valence-corrected chi connectivity index (χ0v) is 13.1. The predicted octanol–water partition coefficient (Wildman–Crippen LogP) is 2.34. The summed E-state index contributed by atoms with van der Waals surface area (Å²) in [7, 11) is 1.56. The maximum absolute atomic E-state index is 13.7. The number of carbonyl (C=O) groups excluding carboxylic acids is 2. The normalized spacial score (nSPS) is 16.7. The van der Waals surface area contributed by atoms with Crippen molar-refractivity contribution >= 4 is 11.8 Å². The minimum absolute atomic E-state index is 0.0569. The molecule has 0 saturated heterocycles. The second-order valence-corrected chi connectivity index (χ2v) is 5.74.